The van der Waals surface area contributed by atoms with Crippen molar-refractivity contribution in [2.45, 2.75) is 43.5 Å². The summed E-state index contributed by atoms with van der Waals surface area (Å²) in [5.41, 5.74) is 2.05. The average Bonchev–Trinajstić information content (AvgIpc) is 3.49. The van der Waals surface area contributed by atoms with Gasteiger partial charge < -0.3 is 9.30 Å². The Morgan fingerprint density at radius 1 is 1.00 bits per heavy atom. The second-order valence-electron chi connectivity index (χ2n) is 8.65. The van der Waals surface area contributed by atoms with Crippen molar-refractivity contribution in [3.05, 3.63) is 77.4 Å². The maximum atomic E-state index is 13.1. The maximum absolute atomic E-state index is 13.1. The number of imidazole rings is 1. The molecule has 1 fully saturated rings. The minimum atomic E-state index is -3.41. The number of hydrogen-bond acceptors (Lipinski definition) is 5. The number of hydrogen-bond donors (Lipinski definition) is 0. The van der Waals surface area contributed by atoms with Crippen LogP contribution in [-0.4, -0.2) is 35.4 Å². The number of sulfonamides is 1. The topological polar surface area (TPSA) is 64.4 Å². The minimum Gasteiger partial charge on any atom is -0.486 e. The molecule has 0 unspecified atom stereocenters. The predicted molar refractivity (Wildman–Crippen MR) is 136 cm³/mol. The molecule has 0 spiro atoms. The molecule has 1 saturated heterocycles. The zero-order valence-corrected chi connectivity index (χ0v) is 20.9. The summed E-state index contributed by atoms with van der Waals surface area (Å²) >= 11 is 1.39. The lowest BCUT2D eigenvalue weighted by Crippen LogP contribution is -2.39. The Balaban J connectivity index is 1.29. The summed E-state index contributed by atoms with van der Waals surface area (Å²) in [6.45, 7) is 4.35. The largest absolute Gasteiger partial charge is 0.486 e. The first-order chi connectivity index (χ1) is 16.5. The molecule has 34 heavy (non-hydrogen) atoms. The Morgan fingerprint density at radius 2 is 1.74 bits per heavy atom. The van der Waals surface area contributed by atoms with E-state index < -0.39 is 10.0 Å². The molecule has 0 saturated carbocycles. The van der Waals surface area contributed by atoms with Gasteiger partial charge in [0.2, 0.25) is 0 Å². The Morgan fingerprint density at radius 3 is 2.47 bits per heavy atom. The van der Waals surface area contributed by atoms with Gasteiger partial charge in [0.05, 0.1) is 11.0 Å². The lowest BCUT2D eigenvalue weighted by atomic mass is 9.98. The van der Waals surface area contributed by atoms with E-state index >= 15 is 0 Å². The average molecular weight is 496 g/mol. The molecule has 0 radical (unpaired) electrons. The van der Waals surface area contributed by atoms with Gasteiger partial charge >= 0.3 is 0 Å². The van der Waals surface area contributed by atoms with Gasteiger partial charge in [-0.1, -0.05) is 37.3 Å². The number of rotatable bonds is 8. The van der Waals surface area contributed by atoms with Gasteiger partial charge in [0, 0.05) is 24.5 Å². The van der Waals surface area contributed by atoms with E-state index in [9.17, 15) is 8.42 Å². The van der Waals surface area contributed by atoms with Crippen LogP contribution in [0.2, 0.25) is 0 Å². The predicted octanol–water partition coefficient (Wildman–Crippen LogP) is 5.34. The van der Waals surface area contributed by atoms with Gasteiger partial charge in [-0.15, -0.1) is 11.3 Å². The normalized spacial score (nSPS) is 15.7. The van der Waals surface area contributed by atoms with E-state index in [1.807, 2.05) is 61.5 Å². The first-order valence-electron chi connectivity index (χ1n) is 11.8. The molecule has 3 heterocycles. The van der Waals surface area contributed by atoms with Gasteiger partial charge in [-0.05, 0) is 61.6 Å². The van der Waals surface area contributed by atoms with Gasteiger partial charge in [0.1, 0.15) is 22.4 Å². The van der Waals surface area contributed by atoms with Crippen molar-refractivity contribution in [3.8, 4) is 5.75 Å². The number of aromatic nitrogens is 2. The third-order valence-corrected chi connectivity index (χ3v) is 10.0. The molecular weight excluding hydrogens is 466 g/mol. The lowest BCUT2D eigenvalue weighted by molar-refractivity contribution is 0.244. The van der Waals surface area contributed by atoms with Crippen LogP contribution < -0.4 is 4.74 Å². The van der Waals surface area contributed by atoms with Crippen molar-refractivity contribution in [3.63, 3.8) is 0 Å². The van der Waals surface area contributed by atoms with Gasteiger partial charge in [-0.2, -0.15) is 4.31 Å². The summed E-state index contributed by atoms with van der Waals surface area (Å²) in [5, 5.41) is 0. The van der Waals surface area contributed by atoms with E-state index in [-0.39, 0.29) is 0 Å². The highest BCUT2D eigenvalue weighted by atomic mass is 32.2. The highest BCUT2D eigenvalue weighted by molar-refractivity contribution is 7.91. The van der Waals surface area contributed by atoms with Crippen molar-refractivity contribution in [2.24, 2.45) is 5.92 Å². The zero-order chi connectivity index (χ0) is 23.5. The molecule has 2 aromatic heterocycles. The molecule has 6 nitrogen and oxygen atoms in total. The molecule has 0 atom stereocenters. The number of benzene rings is 2. The fourth-order valence-corrected chi connectivity index (χ4v) is 7.43. The van der Waals surface area contributed by atoms with Crippen LogP contribution in [-0.2, 0) is 29.6 Å². The summed E-state index contributed by atoms with van der Waals surface area (Å²) in [6, 6.07) is 21.6. The van der Waals surface area contributed by atoms with E-state index in [1.54, 1.807) is 10.4 Å². The monoisotopic (exact) mass is 495 g/mol. The van der Waals surface area contributed by atoms with Crippen molar-refractivity contribution < 1.29 is 13.2 Å². The molecule has 2 aromatic carbocycles. The van der Waals surface area contributed by atoms with E-state index in [1.165, 1.54) is 11.3 Å². The third-order valence-electron chi connectivity index (χ3n) is 6.44. The van der Waals surface area contributed by atoms with Crippen molar-refractivity contribution >= 4 is 32.4 Å². The molecule has 8 heteroatoms. The summed E-state index contributed by atoms with van der Waals surface area (Å²) < 4.78 is 36.6. The summed E-state index contributed by atoms with van der Waals surface area (Å²) in [5.74, 6) is 2.10. The lowest BCUT2D eigenvalue weighted by Gasteiger charge is -2.31. The molecule has 178 valence electrons. The van der Waals surface area contributed by atoms with Crippen LogP contribution in [0.15, 0.2) is 70.9 Å². The van der Waals surface area contributed by atoms with Gasteiger partial charge in [0.25, 0.3) is 10.0 Å². The Kier molecular flexibility index (Phi) is 6.72. The Bertz CT molecular complexity index is 1350. The zero-order valence-electron chi connectivity index (χ0n) is 19.3. The van der Waals surface area contributed by atoms with Crippen LogP contribution in [0.1, 0.15) is 30.5 Å². The molecular formula is C26H29N3O3S2. The van der Waals surface area contributed by atoms with Crippen molar-refractivity contribution in [1.29, 1.82) is 0 Å². The number of piperidine rings is 1. The highest BCUT2D eigenvalue weighted by Gasteiger charge is 2.31. The standard InChI is InChI=1S/C26H29N3O3S2/c1-2-22-12-13-26(33-22)34(30,31)28-16-14-20(15-17-28)18-29-24-11-7-6-10-23(24)27-25(29)19-32-21-8-4-3-5-9-21/h3-13,20H,2,14-19H2,1H3. The van der Waals surface area contributed by atoms with Crippen LogP contribution in [0.4, 0.5) is 0 Å². The molecule has 4 aromatic rings. The van der Waals surface area contributed by atoms with Gasteiger partial charge in [-0.25, -0.2) is 13.4 Å². The number of fused-ring (bicyclic) bond motifs is 1. The molecule has 0 N–H and O–H groups in total. The number of para-hydroxylation sites is 3. The summed E-state index contributed by atoms with van der Waals surface area (Å²) in [7, 11) is -3.41. The molecule has 0 bridgehead atoms. The number of ether oxygens (including phenoxy) is 1. The van der Waals surface area contributed by atoms with Crippen LogP contribution in [0.3, 0.4) is 0 Å². The number of thiophene rings is 1. The molecule has 1 aliphatic rings. The van der Waals surface area contributed by atoms with Crippen molar-refractivity contribution in [1.82, 2.24) is 13.9 Å². The molecule has 5 rings (SSSR count). The first kappa shape index (κ1) is 23.1. The SMILES string of the molecule is CCc1ccc(S(=O)(=O)N2CCC(Cn3c(COc4ccccc4)nc4ccccc43)CC2)s1. The quantitative estimate of drug-likeness (QED) is 0.331. The number of nitrogens with zero attached hydrogens (tertiary/aromatic N) is 3. The summed E-state index contributed by atoms with van der Waals surface area (Å²) in [4.78, 5) is 5.93. The third kappa shape index (κ3) is 4.76. The highest BCUT2D eigenvalue weighted by Crippen LogP contribution is 2.30. The fraction of sp³-hybridized carbons (Fsp3) is 0.346. The van der Waals surface area contributed by atoms with E-state index in [4.69, 9.17) is 9.72 Å². The number of aryl methyl sites for hydroxylation is 1. The van der Waals surface area contributed by atoms with Gasteiger partial charge in [-0.3, -0.25) is 0 Å². The van der Waals surface area contributed by atoms with E-state index in [2.05, 4.69) is 10.6 Å². The van der Waals surface area contributed by atoms with E-state index in [0.29, 0.717) is 29.8 Å². The van der Waals surface area contributed by atoms with E-state index in [0.717, 1.165) is 53.3 Å². The second kappa shape index (κ2) is 9.90. The van der Waals surface area contributed by atoms with Crippen LogP contribution in [0.5, 0.6) is 5.75 Å². The van der Waals surface area contributed by atoms with Crippen LogP contribution in [0, 0.1) is 5.92 Å². The molecule has 1 aliphatic heterocycles. The Hall–Kier alpha value is -2.68. The summed E-state index contributed by atoms with van der Waals surface area (Å²) in [6.07, 6.45) is 2.52. The first-order valence-corrected chi connectivity index (χ1v) is 14.0. The van der Waals surface area contributed by atoms with Gasteiger partial charge in [0.15, 0.2) is 0 Å². The van der Waals surface area contributed by atoms with Crippen molar-refractivity contribution in [2.75, 3.05) is 13.1 Å². The Labute approximate surface area is 204 Å². The maximum Gasteiger partial charge on any atom is 0.252 e. The fourth-order valence-electron chi connectivity index (χ4n) is 4.51. The minimum absolute atomic E-state index is 0.383. The molecule has 0 amide bonds. The van der Waals surface area contributed by atoms with Crippen LogP contribution >= 0.6 is 11.3 Å². The molecule has 0 aliphatic carbocycles. The smallest absolute Gasteiger partial charge is 0.252 e. The second-order valence-corrected chi connectivity index (χ2v) is 12.0. The van der Waals surface area contributed by atoms with Crippen LogP contribution in [0.25, 0.3) is 11.0 Å².